The van der Waals surface area contributed by atoms with Gasteiger partial charge in [0.2, 0.25) is 11.8 Å². The first-order chi connectivity index (χ1) is 17.8. The Morgan fingerprint density at radius 3 is 2.65 bits per heavy atom. The van der Waals surface area contributed by atoms with Crippen molar-refractivity contribution in [2.75, 3.05) is 56.7 Å². The van der Waals surface area contributed by atoms with Gasteiger partial charge in [0.1, 0.15) is 22.0 Å². The minimum atomic E-state index is -0.537. The second-order valence-corrected chi connectivity index (χ2v) is 11.3. The maximum Gasteiger partial charge on any atom is 0.410 e. The molecule has 0 aliphatic carbocycles. The number of rotatable bonds is 5. The number of likely N-dealkylation sites (tertiary alicyclic amines) is 1. The first kappa shape index (κ1) is 25.5. The van der Waals surface area contributed by atoms with Gasteiger partial charge in [-0.25, -0.2) is 9.78 Å². The molecule has 10 nitrogen and oxygen atoms in total. The number of benzene rings is 1. The van der Waals surface area contributed by atoms with Crippen LogP contribution in [-0.2, 0) is 9.47 Å². The van der Waals surface area contributed by atoms with Gasteiger partial charge in [-0.2, -0.15) is 9.97 Å². The summed E-state index contributed by atoms with van der Waals surface area (Å²) in [5.74, 6) is 1.72. The van der Waals surface area contributed by atoms with Crippen molar-refractivity contribution in [3.8, 4) is 16.5 Å². The minimum absolute atomic E-state index is 0.00783. The highest BCUT2D eigenvalue weighted by Gasteiger charge is 2.30. The predicted octanol–water partition coefficient (Wildman–Crippen LogP) is 4.41. The van der Waals surface area contributed by atoms with E-state index >= 15 is 0 Å². The van der Waals surface area contributed by atoms with Gasteiger partial charge in [-0.05, 0) is 45.7 Å². The van der Waals surface area contributed by atoms with E-state index in [0.29, 0.717) is 57.0 Å². The smallest absolute Gasteiger partial charge is 0.410 e. The zero-order chi connectivity index (χ0) is 26.0. The van der Waals surface area contributed by atoms with Crippen molar-refractivity contribution in [3.63, 3.8) is 0 Å². The molecule has 1 N–H and O–H groups in total. The monoisotopic (exact) mass is 526 g/mol. The fourth-order valence-electron chi connectivity index (χ4n) is 4.54. The van der Waals surface area contributed by atoms with Gasteiger partial charge >= 0.3 is 6.09 Å². The summed E-state index contributed by atoms with van der Waals surface area (Å²) in [5.41, 5.74) is 1.11. The maximum atomic E-state index is 12.8. The third-order valence-corrected chi connectivity index (χ3v) is 7.33. The van der Waals surface area contributed by atoms with Crippen molar-refractivity contribution >= 4 is 39.4 Å². The van der Waals surface area contributed by atoms with E-state index in [0.717, 1.165) is 33.6 Å². The van der Waals surface area contributed by atoms with E-state index in [1.807, 2.05) is 39.0 Å². The molecule has 1 unspecified atom stereocenters. The molecule has 3 aromatic rings. The van der Waals surface area contributed by atoms with Crippen molar-refractivity contribution in [3.05, 3.63) is 24.3 Å². The molecule has 0 radical (unpaired) electrons. The first-order valence-corrected chi connectivity index (χ1v) is 13.5. The summed E-state index contributed by atoms with van der Waals surface area (Å²) >= 11 is 1.58. The molecule has 11 heteroatoms. The number of amides is 1. The molecule has 1 atom stereocenters. The summed E-state index contributed by atoms with van der Waals surface area (Å²) in [5, 5.41) is 4.41. The Bertz CT molecular complexity index is 1220. The number of hydrogen-bond acceptors (Lipinski definition) is 10. The standard InChI is InChI=1S/C26H34N6O4S/c1-26(2,3)36-25(33)32-11-7-8-17(16-32)27-21-20(23-28-18-9-5-6-10-19(18)37-23)22(34-4)30-24(29-21)31-12-14-35-15-13-31/h5-6,9-10,17H,7-8,11-16H2,1-4H3,(H,27,29,30). The van der Waals surface area contributed by atoms with Crippen LogP contribution in [0.4, 0.5) is 16.6 Å². The van der Waals surface area contributed by atoms with Crippen LogP contribution in [0.15, 0.2) is 24.3 Å². The van der Waals surface area contributed by atoms with Gasteiger partial charge < -0.3 is 29.3 Å². The molecule has 1 aromatic carbocycles. The summed E-state index contributed by atoms with van der Waals surface area (Å²) in [6.45, 7) is 9.51. The molecule has 2 aliphatic heterocycles. The van der Waals surface area contributed by atoms with E-state index in [1.165, 1.54) is 0 Å². The molecule has 1 amide bonds. The summed E-state index contributed by atoms with van der Waals surface area (Å²) in [7, 11) is 1.62. The molecule has 2 saturated heterocycles. The fourth-order valence-corrected chi connectivity index (χ4v) is 5.54. The van der Waals surface area contributed by atoms with Crippen LogP contribution in [0.25, 0.3) is 20.8 Å². The summed E-state index contributed by atoms with van der Waals surface area (Å²) < 4.78 is 18.0. The summed E-state index contributed by atoms with van der Waals surface area (Å²) in [6, 6.07) is 8.03. The van der Waals surface area contributed by atoms with E-state index < -0.39 is 5.60 Å². The second-order valence-electron chi connectivity index (χ2n) is 10.3. The Kier molecular flexibility index (Phi) is 7.34. The van der Waals surface area contributed by atoms with Crippen LogP contribution in [0.2, 0.25) is 0 Å². The number of ether oxygens (including phenoxy) is 3. The molecule has 0 spiro atoms. The van der Waals surface area contributed by atoms with E-state index in [1.54, 1.807) is 23.3 Å². The maximum absolute atomic E-state index is 12.8. The lowest BCUT2D eigenvalue weighted by atomic mass is 10.1. The number of nitrogens with zero attached hydrogens (tertiary/aromatic N) is 5. The van der Waals surface area contributed by atoms with Gasteiger partial charge in [-0.1, -0.05) is 12.1 Å². The Labute approximate surface area is 221 Å². The van der Waals surface area contributed by atoms with Crippen LogP contribution < -0.4 is 15.0 Å². The highest BCUT2D eigenvalue weighted by atomic mass is 32.1. The SMILES string of the molecule is COc1nc(N2CCOCC2)nc(NC2CCCN(C(=O)OC(C)(C)C)C2)c1-c1nc2ccccc2s1. The van der Waals surface area contributed by atoms with Crippen molar-refractivity contribution in [2.24, 2.45) is 0 Å². The van der Waals surface area contributed by atoms with Crippen LogP contribution in [0.3, 0.4) is 0 Å². The number of carbonyl (C=O) groups excluding carboxylic acids is 1. The number of para-hydroxylation sites is 1. The normalized spacial score (nSPS) is 18.6. The lowest BCUT2D eigenvalue weighted by molar-refractivity contribution is 0.0206. The summed E-state index contributed by atoms with van der Waals surface area (Å²) in [6.07, 6.45) is 1.48. The quantitative estimate of drug-likeness (QED) is 0.518. The lowest BCUT2D eigenvalue weighted by Gasteiger charge is -2.35. The molecule has 2 aromatic heterocycles. The molecule has 198 valence electrons. The number of hydrogen-bond donors (Lipinski definition) is 1. The molecule has 0 saturated carbocycles. The average Bonchev–Trinajstić information content (AvgIpc) is 3.31. The van der Waals surface area contributed by atoms with Crippen molar-refractivity contribution in [2.45, 2.75) is 45.3 Å². The largest absolute Gasteiger partial charge is 0.480 e. The zero-order valence-corrected chi connectivity index (χ0v) is 22.6. The Balaban J connectivity index is 1.50. The van der Waals surface area contributed by atoms with Gasteiger partial charge in [0.05, 0.1) is 30.5 Å². The number of nitrogens with one attached hydrogen (secondary N) is 1. The van der Waals surface area contributed by atoms with E-state index in [9.17, 15) is 4.79 Å². The second kappa shape index (κ2) is 10.7. The van der Waals surface area contributed by atoms with Crippen LogP contribution in [-0.4, -0.2) is 84.1 Å². The van der Waals surface area contributed by atoms with Crippen LogP contribution >= 0.6 is 11.3 Å². The number of fused-ring (bicyclic) bond motifs is 1. The first-order valence-electron chi connectivity index (χ1n) is 12.7. The number of piperidine rings is 1. The van der Waals surface area contributed by atoms with Gasteiger partial charge in [-0.3, -0.25) is 0 Å². The number of methoxy groups -OCH3 is 1. The molecular weight excluding hydrogens is 492 g/mol. The summed E-state index contributed by atoms with van der Waals surface area (Å²) in [4.78, 5) is 31.3. The van der Waals surface area contributed by atoms with Crippen molar-refractivity contribution in [1.82, 2.24) is 19.9 Å². The lowest BCUT2D eigenvalue weighted by Crippen LogP contribution is -2.47. The highest BCUT2D eigenvalue weighted by Crippen LogP contribution is 2.40. The number of thiazole rings is 1. The molecule has 5 rings (SSSR count). The van der Waals surface area contributed by atoms with Crippen molar-refractivity contribution < 1.29 is 19.0 Å². The van der Waals surface area contributed by atoms with Gasteiger partial charge in [0.25, 0.3) is 0 Å². The predicted molar refractivity (Wildman–Crippen MR) is 145 cm³/mol. The molecule has 2 fully saturated rings. The van der Waals surface area contributed by atoms with Crippen LogP contribution in [0.5, 0.6) is 5.88 Å². The van der Waals surface area contributed by atoms with E-state index in [4.69, 9.17) is 29.2 Å². The third kappa shape index (κ3) is 5.88. The Morgan fingerprint density at radius 1 is 1.14 bits per heavy atom. The fraction of sp³-hybridized carbons (Fsp3) is 0.538. The highest BCUT2D eigenvalue weighted by molar-refractivity contribution is 7.21. The number of carbonyl (C=O) groups is 1. The van der Waals surface area contributed by atoms with E-state index in [2.05, 4.69) is 16.3 Å². The number of aromatic nitrogens is 3. The topological polar surface area (TPSA) is 102 Å². The van der Waals surface area contributed by atoms with Gasteiger partial charge in [0.15, 0.2) is 0 Å². The Morgan fingerprint density at radius 2 is 1.92 bits per heavy atom. The van der Waals surface area contributed by atoms with E-state index in [-0.39, 0.29) is 12.1 Å². The molecule has 37 heavy (non-hydrogen) atoms. The molecule has 4 heterocycles. The average molecular weight is 527 g/mol. The Hall–Kier alpha value is -3.18. The number of anilines is 2. The number of morpholine rings is 1. The minimum Gasteiger partial charge on any atom is -0.480 e. The van der Waals surface area contributed by atoms with Crippen molar-refractivity contribution in [1.29, 1.82) is 0 Å². The molecule has 2 aliphatic rings. The van der Waals surface area contributed by atoms with Crippen LogP contribution in [0.1, 0.15) is 33.6 Å². The molecular formula is C26H34N6O4S. The third-order valence-electron chi connectivity index (χ3n) is 6.27. The van der Waals surface area contributed by atoms with Crippen LogP contribution in [0, 0.1) is 0 Å². The van der Waals surface area contributed by atoms with Gasteiger partial charge in [0, 0.05) is 32.2 Å². The molecule has 0 bridgehead atoms. The van der Waals surface area contributed by atoms with Gasteiger partial charge in [-0.15, -0.1) is 11.3 Å². The zero-order valence-electron chi connectivity index (χ0n) is 21.8.